The second kappa shape index (κ2) is 4.17. The average molecular weight is 244 g/mol. The molecule has 0 radical (unpaired) electrons. The van der Waals surface area contributed by atoms with E-state index in [1.807, 2.05) is 6.92 Å². The van der Waals surface area contributed by atoms with E-state index in [2.05, 4.69) is 10.2 Å². The SMILES string of the molecule is CCc1nnc(Cl)n1-c1ccc(F)c(F)c1. The van der Waals surface area contributed by atoms with Gasteiger partial charge in [-0.1, -0.05) is 6.92 Å². The molecule has 0 N–H and O–H groups in total. The number of nitrogens with zero attached hydrogens (tertiary/aromatic N) is 3. The number of benzene rings is 1. The monoisotopic (exact) mass is 243 g/mol. The van der Waals surface area contributed by atoms with E-state index in [-0.39, 0.29) is 5.28 Å². The van der Waals surface area contributed by atoms with E-state index in [9.17, 15) is 8.78 Å². The zero-order chi connectivity index (χ0) is 11.7. The predicted molar refractivity (Wildman–Crippen MR) is 55.7 cm³/mol. The van der Waals surface area contributed by atoms with Crippen LogP contribution in [0.1, 0.15) is 12.7 Å². The quantitative estimate of drug-likeness (QED) is 0.812. The van der Waals surface area contributed by atoms with Crippen LogP contribution >= 0.6 is 11.6 Å². The van der Waals surface area contributed by atoms with Crippen molar-refractivity contribution < 1.29 is 8.78 Å². The Morgan fingerprint density at radius 1 is 1.25 bits per heavy atom. The molecule has 16 heavy (non-hydrogen) atoms. The number of aryl methyl sites for hydroxylation is 1. The molecule has 6 heteroatoms. The Bertz CT molecular complexity index is 525. The van der Waals surface area contributed by atoms with Crippen molar-refractivity contribution in [2.75, 3.05) is 0 Å². The van der Waals surface area contributed by atoms with E-state index in [1.165, 1.54) is 10.6 Å². The summed E-state index contributed by atoms with van der Waals surface area (Å²) in [6.07, 6.45) is 0.596. The molecule has 0 aliphatic heterocycles. The Kier molecular flexibility index (Phi) is 2.87. The molecule has 0 saturated heterocycles. The maximum absolute atomic E-state index is 13.1. The second-order valence-electron chi connectivity index (χ2n) is 3.17. The highest BCUT2D eigenvalue weighted by atomic mass is 35.5. The molecule has 2 rings (SSSR count). The van der Waals surface area contributed by atoms with Crippen LogP contribution < -0.4 is 0 Å². The third kappa shape index (κ3) is 1.78. The molecule has 1 aromatic heterocycles. The minimum absolute atomic E-state index is 0.128. The molecule has 0 aliphatic carbocycles. The lowest BCUT2D eigenvalue weighted by Crippen LogP contribution is -2.01. The summed E-state index contributed by atoms with van der Waals surface area (Å²) >= 11 is 5.82. The second-order valence-corrected chi connectivity index (χ2v) is 3.51. The van der Waals surface area contributed by atoms with Gasteiger partial charge in [0.1, 0.15) is 5.82 Å². The van der Waals surface area contributed by atoms with Gasteiger partial charge in [-0.2, -0.15) is 0 Å². The minimum Gasteiger partial charge on any atom is -0.270 e. The summed E-state index contributed by atoms with van der Waals surface area (Å²) < 4.78 is 27.3. The highest BCUT2D eigenvalue weighted by Crippen LogP contribution is 2.19. The van der Waals surface area contributed by atoms with Crippen molar-refractivity contribution in [3.63, 3.8) is 0 Å². The Hall–Kier alpha value is -1.49. The van der Waals surface area contributed by atoms with Crippen LogP contribution in [0, 0.1) is 11.6 Å². The van der Waals surface area contributed by atoms with Gasteiger partial charge in [-0.25, -0.2) is 8.78 Å². The Morgan fingerprint density at radius 3 is 2.62 bits per heavy atom. The fourth-order valence-corrected chi connectivity index (χ4v) is 1.64. The molecular formula is C10H8ClF2N3. The Labute approximate surface area is 95.7 Å². The molecule has 0 saturated carbocycles. The average Bonchev–Trinajstić information content (AvgIpc) is 2.64. The van der Waals surface area contributed by atoms with Gasteiger partial charge in [-0.05, 0) is 23.7 Å². The molecule has 0 unspecified atom stereocenters. The van der Waals surface area contributed by atoms with Crippen molar-refractivity contribution in [1.82, 2.24) is 14.8 Å². The van der Waals surface area contributed by atoms with E-state index in [0.29, 0.717) is 17.9 Å². The van der Waals surface area contributed by atoms with E-state index < -0.39 is 11.6 Å². The molecular weight excluding hydrogens is 236 g/mol. The van der Waals surface area contributed by atoms with Gasteiger partial charge in [-0.3, -0.25) is 4.57 Å². The lowest BCUT2D eigenvalue weighted by molar-refractivity contribution is 0.508. The first-order valence-corrected chi connectivity index (χ1v) is 5.06. The third-order valence-corrected chi connectivity index (χ3v) is 2.41. The summed E-state index contributed by atoms with van der Waals surface area (Å²) in [5.41, 5.74) is 0.408. The van der Waals surface area contributed by atoms with Crippen LogP contribution in [0.15, 0.2) is 18.2 Å². The number of aromatic nitrogens is 3. The summed E-state index contributed by atoms with van der Waals surface area (Å²) in [5, 5.41) is 7.63. The van der Waals surface area contributed by atoms with Crippen LogP contribution in [0.5, 0.6) is 0 Å². The first-order valence-electron chi connectivity index (χ1n) is 4.68. The molecule has 0 amide bonds. The molecule has 0 atom stereocenters. The fourth-order valence-electron chi connectivity index (χ4n) is 1.40. The van der Waals surface area contributed by atoms with Crippen molar-refractivity contribution in [2.45, 2.75) is 13.3 Å². The van der Waals surface area contributed by atoms with Crippen molar-refractivity contribution >= 4 is 11.6 Å². The van der Waals surface area contributed by atoms with Crippen LogP contribution in [-0.4, -0.2) is 14.8 Å². The number of hydrogen-bond acceptors (Lipinski definition) is 2. The molecule has 84 valence electrons. The largest absolute Gasteiger partial charge is 0.270 e. The van der Waals surface area contributed by atoms with Gasteiger partial charge >= 0.3 is 0 Å². The highest BCUT2D eigenvalue weighted by molar-refractivity contribution is 6.28. The number of hydrogen-bond donors (Lipinski definition) is 0. The maximum Gasteiger partial charge on any atom is 0.229 e. The van der Waals surface area contributed by atoms with Gasteiger partial charge in [0, 0.05) is 12.5 Å². The first kappa shape index (κ1) is 11.0. The van der Waals surface area contributed by atoms with Crippen molar-refractivity contribution in [2.24, 2.45) is 0 Å². The molecule has 0 spiro atoms. The topological polar surface area (TPSA) is 30.7 Å². The van der Waals surface area contributed by atoms with Crippen LogP contribution in [0.25, 0.3) is 5.69 Å². The number of rotatable bonds is 2. The minimum atomic E-state index is -0.927. The van der Waals surface area contributed by atoms with Crippen LogP contribution in [-0.2, 0) is 6.42 Å². The maximum atomic E-state index is 13.1. The number of halogens is 3. The standard InChI is InChI=1S/C10H8ClF2N3/c1-2-9-14-15-10(11)16(9)6-3-4-7(12)8(13)5-6/h3-5H,2H2,1H3. The van der Waals surface area contributed by atoms with Crippen LogP contribution in [0.4, 0.5) is 8.78 Å². The zero-order valence-electron chi connectivity index (χ0n) is 8.41. The third-order valence-electron chi connectivity index (χ3n) is 2.17. The zero-order valence-corrected chi connectivity index (χ0v) is 9.17. The molecule has 0 fully saturated rings. The van der Waals surface area contributed by atoms with E-state index in [0.717, 1.165) is 12.1 Å². The smallest absolute Gasteiger partial charge is 0.229 e. The van der Waals surface area contributed by atoms with E-state index in [1.54, 1.807) is 0 Å². The van der Waals surface area contributed by atoms with Gasteiger partial charge in [0.25, 0.3) is 0 Å². The van der Waals surface area contributed by atoms with Gasteiger partial charge in [0.15, 0.2) is 11.6 Å². The molecule has 0 aliphatic rings. The predicted octanol–water partition coefficient (Wildman–Crippen LogP) is 2.76. The summed E-state index contributed by atoms with van der Waals surface area (Å²) in [5.74, 6) is -1.23. The fraction of sp³-hybridized carbons (Fsp3) is 0.200. The van der Waals surface area contributed by atoms with E-state index in [4.69, 9.17) is 11.6 Å². The lowest BCUT2D eigenvalue weighted by Gasteiger charge is -2.06. The molecule has 3 nitrogen and oxygen atoms in total. The van der Waals surface area contributed by atoms with Crippen molar-refractivity contribution in [1.29, 1.82) is 0 Å². The van der Waals surface area contributed by atoms with Crippen LogP contribution in [0.2, 0.25) is 5.28 Å². The van der Waals surface area contributed by atoms with Gasteiger partial charge < -0.3 is 0 Å². The highest BCUT2D eigenvalue weighted by Gasteiger charge is 2.12. The summed E-state index contributed by atoms with van der Waals surface area (Å²) in [6, 6.07) is 3.52. The summed E-state index contributed by atoms with van der Waals surface area (Å²) in [4.78, 5) is 0. The molecule has 1 aromatic carbocycles. The van der Waals surface area contributed by atoms with Gasteiger partial charge in [0.2, 0.25) is 5.28 Å². The molecule has 2 aromatic rings. The van der Waals surface area contributed by atoms with Crippen LogP contribution in [0.3, 0.4) is 0 Å². The Morgan fingerprint density at radius 2 is 2.00 bits per heavy atom. The molecule has 0 bridgehead atoms. The Balaban J connectivity index is 2.57. The summed E-state index contributed by atoms with van der Waals surface area (Å²) in [6.45, 7) is 1.87. The van der Waals surface area contributed by atoms with E-state index >= 15 is 0 Å². The van der Waals surface area contributed by atoms with Gasteiger partial charge in [0.05, 0.1) is 5.69 Å². The first-order chi connectivity index (χ1) is 7.63. The summed E-state index contributed by atoms with van der Waals surface area (Å²) in [7, 11) is 0. The normalized spacial score (nSPS) is 10.8. The van der Waals surface area contributed by atoms with Gasteiger partial charge in [-0.15, -0.1) is 10.2 Å². The lowest BCUT2D eigenvalue weighted by atomic mass is 10.3. The molecule has 1 heterocycles. The van der Waals surface area contributed by atoms with Crippen molar-refractivity contribution in [3.8, 4) is 5.69 Å². The van der Waals surface area contributed by atoms with Crippen molar-refractivity contribution in [3.05, 3.63) is 40.9 Å².